The Bertz CT molecular complexity index is 567. The Kier molecular flexibility index (Phi) is 4.65. The summed E-state index contributed by atoms with van der Waals surface area (Å²) in [5.41, 5.74) is 1.95. The summed E-state index contributed by atoms with van der Waals surface area (Å²) in [5, 5.41) is 5.46. The molecule has 1 heterocycles. The van der Waals surface area contributed by atoms with Gasteiger partial charge in [0.25, 0.3) is 0 Å². The van der Waals surface area contributed by atoms with Crippen LogP contribution in [0.15, 0.2) is 24.3 Å². The van der Waals surface area contributed by atoms with Crippen molar-refractivity contribution in [2.75, 3.05) is 23.4 Å². The molecule has 0 unspecified atom stereocenters. The van der Waals surface area contributed by atoms with Gasteiger partial charge in [-0.1, -0.05) is 19.1 Å². The minimum Gasteiger partial charge on any atom is -0.338 e. The van der Waals surface area contributed by atoms with Crippen LogP contribution in [0.4, 0.5) is 10.5 Å². The van der Waals surface area contributed by atoms with Crippen LogP contribution in [0.3, 0.4) is 0 Å². The number of amides is 2. The van der Waals surface area contributed by atoms with Gasteiger partial charge in [-0.3, -0.25) is 0 Å². The van der Waals surface area contributed by atoms with Gasteiger partial charge in [0.2, 0.25) is 0 Å². The maximum Gasteiger partial charge on any atom is 0.319 e. The van der Waals surface area contributed by atoms with Crippen molar-refractivity contribution in [3.8, 4) is 0 Å². The zero-order valence-corrected chi connectivity index (χ0v) is 12.4. The number of urea groups is 1. The van der Waals surface area contributed by atoms with E-state index < -0.39 is 9.84 Å². The number of aryl methyl sites for hydroxylation is 1. The van der Waals surface area contributed by atoms with Crippen molar-refractivity contribution in [1.29, 1.82) is 0 Å². The SMILES string of the molecule is CCc1ccc(NC(=O)NC[C@@H]2CCS(=O)(=O)C2)cc1. The Hall–Kier alpha value is -1.56. The van der Waals surface area contributed by atoms with Crippen LogP contribution in [0.2, 0.25) is 0 Å². The second kappa shape index (κ2) is 6.26. The summed E-state index contributed by atoms with van der Waals surface area (Å²) < 4.78 is 22.6. The monoisotopic (exact) mass is 296 g/mol. The molecule has 1 aliphatic rings. The number of carbonyl (C=O) groups is 1. The van der Waals surface area contributed by atoms with Gasteiger partial charge in [0.15, 0.2) is 9.84 Å². The number of nitrogens with one attached hydrogen (secondary N) is 2. The Morgan fingerprint density at radius 1 is 1.30 bits per heavy atom. The van der Waals surface area contributed by atoms with Crippen molar-refractivity contribution < 1.29 is 13.2 Å². The van der Waals surface area contributed by atoms with Crippen LogP contribution in [0.25, 0.3) is 0 Å². The first-order chi connectivity index (χ1) is 9.48. The Morgan fingerprint density at radius 2 is 2.00 bits per heavy atom. The third-order valence-corrected chi connectivity index (χ3v) is 5.34. The van der Waals surface area contributed by atoms with Gasteiger partial charge in [-0.05, 0) is 36.5 Å². The number of sulfone groups is 1. The van der Waals surface area contributed by atoms with E-state index in [1.165, 1.54) is 5.56 Å². The Morgan fingerprint density at radius 3 is 2.55 bits per heavy atom. The first-order valence-corrected chi connectivity index (χ1v) is 8.65. The number of carbonyl (C=O) groups excluding carboxylic acids is 1. The van der Waals surface area contributed by atoms with E-state index in [1.54, 1.807) is 0 Å². The predicted molar refractivity (Wildman–Crippen MR) is 79.6 cm³/mol. The van der Waals surface area contributed by atoms with Gasteiger partial charge < -0.3 is 10.6 Å². The van der Waals surface area contributed by atoms with E-state index in [0.717, 1.165) is 12.1 Å². The minimum absolute atomic E-state index is 0.0354. The average Bonchev–Trinajstić information content (AvgIpc) is 2.77. The van der Waals surface area contributed by atoms with Crippen LogP contribution in [0, 0.1) is 5.92 Å². The van der Waals surface area contributed by atoms with Crippen molar-refractivity contribution in [2.24, 2.45) is 5.92 Å². The van der Waals surface area contributed by atoms with Crippen molar-refractivity contribution in [3.63, 3.8) is 0 Å². The molecule has 2 rings (SSSR count). The fourth-order valence-corrected chi connectivity index (χ4v) is 4.13. The summed E-state index contributed by atoms with van der Waals surface area (Å²) in [5.74, 6) is 0.450. The van der Waals surface area contributed by atoms with E-state index in [2.05, 4.69) is 17.6 Å². The van der Waals surface area contributed by atoms with E-state index in [1.807, 2.05) is 24.3 Å². The third kappa shape index (κ3) is 4.23. The largest absolute Gasteiger partial charge is 0.338 e. The topological polar surface area (TPSA) is 75.3 Å². The van der Waals surface area contributed by atoms with Gasteiger partial charge in [-0.2, -0.15) is 0 Å². The second-order valence-corrected chi connectivity index (χ2v) is 7.38. The number of benzene rings is 1. The molecule has 0 saturated carbocycles. The molecule has 0 bridgehead atoms. The Labute approximate surface area is 119 Å². The maximum absolute atomic E-state index is 11.7. The number of hydrogen-bond acceptors (Lipinski definition) is 3. The van der Waals surface area contributed by atoms with Crippen LogP contribution >= 0.6 is 0 Å². The number of rotatable bonds is 4. The van der Waals surface area contributed by atoms with Crippen molar-refractivity contribution >= 4 is 21.6 Å². The summed E-state index contributed by atoms with van der Waals surface area (Å²) in [6, 6.07) is 7.37. The van der Waals surface area contributed by atoms with E-state index in [9.17, 15) is 13.2 Å². The minimum atomic E-state index is -2.88. The molecule has 5 nitrogen and oxygen atoms in total. The van der Waals surface area contributed by atoms with E-state index >= 15 is 0 Å². The predicted octanol–water partition coefficient (Wildman–Crippen LogP) is 1.81. The third-order valence-electron chi connectivity index (χ3n) is 3.50. The average molecular weight is 296 g/mol. The lowest BCUT2D eigenvalue weighted by Crippen LogP contribution is -2.33. The molecule has 2 N–H and O–H groups in total. The molecule has 2 amide bonds. The maximum atomic E-state index is 11.7. The molecule has 110 valence electrons. The second-order valence-electron chi connectivity index (χ2n) is 5.15. The number of hydrogen-bond donors (Lipinski definition) is 2. The normalized spacial score (nSPS) is 20.6. The molecule has 6 heteroatoms. The molecule has 0 spiro atoms. The molecule has 0 aliphatic carbocycles. The van der Waals surface area contributed by atoms with Gasteiger partial charge in [0.1, 0.15) is 0 Å². The molecule has 1 fully saturated rings. The number of anilines is 1. The van der Waals surface area contributed by atoms with Crippen LogP contribution in [0.1, 0.15) is 18.9 Å². The van der Waals surface area contributed by atoms with E-state index in [0.29, 0.717) is 13.0 Å². The summed E-state index contributed by atoms with van der Waals surface area (Å²) in [6.45, 7) is 2.48. The first kappa shape index (κ1) is 14.8. The van der Waals surface area contributed by atoms with Crippen LogP contribution < -0.4 is 10.6 Å². The fourth-order valence-electron chi connectivity index (χ4n) is 2.27. The summed E-state index contributed by atoms with van der Waals surface area (Å²) in [7, 11) is -2.88. The summed E-state index contributed by atoms with van der Waals surface area (Å²) >= 11 is 0. The molecule has 20 heavy (non-hydrogen) atoms. The highest BCUT2D eigenvalue weighted by atomic mass is 32.2. The lowest BCUT2D eigenvalue weighted by molar-refractivity contribution is 0.250. The summed E-state index contributed by atoms with van der Waals surface area (Å²) in [4.78, 5) is 11.7. The molecule has 1 atom stereocenters. The van der Waals surface area contributed by atoms with E-state index in [-0.39, 0.29) is 23.5 Å². The zero-order valence-electron chi connectivity index (χ0n) is 11.6. The van der Waals surface area contributed by atoms with Gasteiger partial charge in [-0.25, -0.2) is 13.2 Å². The first-order valence-electron chi connectivity index (χ1n) is 6.83. The molecule has 0 aromatic heterocycles. The fraction of sp³-hybridized carbons (Fsp3) is 0.500. The molecule has 1 aromatic carbocycles. The zero-order chi connectivity index (χ0) is 14.6. The summed E-state index contributed by atoms with van der Waals surface area (Å²) in [6.07, 6.45) is 1.59. The molecular formula is C14H20N2O3S. The molecule has 1 aromatic rings. The smallest absolute Gasteiger partial charge is 0.319 e. The van der Waals surface area contributed by atoms with Gasteiger partial charge >= 0.3 is 6.03 Å². The van der Waals surface area contributed by atoms with Crippen molar-refractivity contribution in [2.45, 2.75) is 19.8 Å². The quantitative estimate of drug-likeness (QED) is 0.889. The molecule has 0 radical (unpaired) electrons. The lowest BCUT2D eigenvalue weighted by atomic mass is 10.1. The highest BCUT2D eigenvalue weighted by molar-refractivity contribution is 7.91. The van der Waals surface area contributed by atoms with E-state index in [4.69, 9.17) is 0 Å². The van der Waals surface area contributed by atoms with Crippen molar-refractivity contribution in [3.05, 3.63) is 29.8 Å². The Balaban J connectivity index is 1.78. The van der Waals surface area contributed by atoms with Crippen LogP contribution in [-0.2, 0) is 16.3 Å². The van der Waals surface area contributed by atoms with Gasteiger partial charge in [-0.15, -0.1) is 0 Å². The highest BCUT2D eigenvalue weighted by Crippen LogP contribution is 2.17. The van der Waals surface area contributed by atoms with Crippen LogP contribution in [0.5, 0.6) is 0 Å². The van der Waals surface area contributed by atoms with Gasteiger partial charge in [0, 0.05) is 12.2 Å². The highest BCUT2D eigenvalue weighted by Gasteiger charge is 2.27. The van der Waals surface area contributed by atoms with Crippen molar-refractivity contribution in [1.82, 2.24) is 5.32 Å². The van der Waals surface area contributed by atoms with Crippen LogP contribution in [-0.4, -0.2) is 32.5 Å². The standard InChI is InChI=1S/C14H20N2O3S/c1-2-11-3-5-13(6-4-11)16-14(17)15-9-12-7-8-20(18,19)10-12/h3-6,12H,2,7-10H2,1H3,(H2,15,16,17)/t12-/m0/s1. The van der Waals surface area contributed by atoms with Gasteiger partial charge in [0.05, 0.1) is 11.5 Å². The molecule has 1 aliphatic heterocycles. The molecular weight excluding hydrogens is 276 g/mol. The lowest BCUT2D eigenvalue weighted by Gasteiger charge is -2.11. The molecule has 1 saturated heterocycles.